The monoisotopic (exact) mass is 837 g/mol. The Balaban J connectivity index is 0.000000345. The molecule has 195 valence electrons. The van der Waals surface area contributed by atoms with Crippen LogP contribution in [-0.4, -0.2) is 45.8 Å². The minimum atomic E-state index is -0.481. The van der Waals surface area contributed by atoms with Crippen LogP contribution < -0.4 is 33.8 Å². The van der Waals surface area contributed by atoms with Gasteiger partial charge < -0.3 is 5.11 Å². The molecular weight excluding hydrogens is 811 g/mol. The minimum absolute atomic E-state index is 0. The van der Waals surface area contributed by atoms with E-state index in [1.165, 1.54) is 43.2 Å². The van der Waals surface area contributed by atoms with Crippen molar-refractivity contribution in [2.45, 2.75) is 13.8 Å². The summed E-state index contributed by atoms with van der Waals surface area (Å²) in [4.78, 5) is 15.0. The van der Waals surface area contributed by atoms with E-state index in [1.54, 1.807) is 15.9 Å². The van der Waals surface area contributed by atoms with E-state index in [0.29, 0.717) is 15.0 Å². The first kappa shape index (κ1) is 28.2. The number of aliphatic hydroxyl groups is 1. The maximum absolute atomic E-state index is 10.0. The summed E-state index contributed by atoms with van der Waals surface area (Å²) in [5, 5.41) is 14.3. The second-order valence-corrected chi connectivity index (χ2v) is 15.5. The first-order valence-corrected chi connectivity index (χ1v) is 16.9. The third-order valence-corrected chi connectivity index (χ3v) is 14.8. The third-order valence-electron chi connectivity index (χ3n) is 6.13. The summed E-state index contributed by atoms with van der Waals surface area (Å²) in [6.07, 6.45) is 1.17. The predicted molar refractivity (Wildman–Crippen MR) is 162 cm³/mol. The van der Waals surface area contributed by atoms with Gasteiger partial charge >= 0.3 is 196 Å². The normalized spacial score (nSPS) is 14.6. The molecule has 0 bridgehead atoms. The van der Waals surface area contributed by atoms with Crippen molar-refractivity contribution in [3.05, 3.63) is 109 Å². The summed E-state index contributed by atoms with van der Waals surface area (Å²) in [7, 11) is -0.481. The average molecular weight is 835 g/mol. The molecular formula is C32H23IrNO2PSe2-. The van der Waals surface area contributed by atoms with Crippen LogP contribution in [0.3, 0.4) is 0 Å². The number of para-hydroxylation sites is 1. The Hall–Kier alpha value is -2.38. The molecule has 1 radical (unpaired) electrons. The van der Waals surface area contributed by atoms with E-state index < -0.39 is 7.92 Å². The van der Waals surface area contributed by atoms with E-state index in [0.717, 1.165) is 16.8 Å². The number of nitrogens with zero attached hydrogens (tertiary/aromatic N) is 1. The number of aromatic nitrogens is 1. The number of hydrogen-bond donors (Lipinski definition) is 1. The fourth-order valence-corrected chi connectivity index (χ4v) is 14.4. The summed E-state index contributed by atoms with van der Waals surface area (Å²) >= 11 is 0.608. The average Bonchev–Trinajstić information content (AvgIpc) is 2.92. The molecule has 0 saturated heterocycles. The molecule has 1 unspecified atom stereocenters. The molecule has 3 heterocycles. The second-order valence-electron chi connectivity index (χ2n) is 8.99. The van der Waals surface area contributed by atoms with Gasteiger partial charge in [-0.15, -0.1) is 0 Å². The zero-order valence-electron chi connectivity index (χ0n) is 21.1. The molecule has 0 amide bonds. The van der Waals surface area contributed by atoms with E-state index in [-0.39, 0.29) is 46.6 Å². The summed E-state index contributed by atoms with van der Waals surface area (Å²) in [5.41, 5.74) is 3.23. The molecule has 39 heavy (non-hydrogen) atoms. The molecule has 2 aliphatic heterocycles. The van der Waals surface area contributed by atoms with Crippen LogP contribution in [-0.2, 0) is 24.9 Å². The Morgan fingerprint density at radius 2 is 1.49 bits per heavy atom. The van der Waals surface area contributed by atoms with Crippen molar-refractivity contribution < 1.29 is 30.0 Å². The number of aliphatic hydroxyl groups excluding tert-OH is 1. The van der Waals surface area contributed by atoms with Crippen molar-refractivity contribution in [1.29, 1.82) is 0 Å². The number of allylic oxidation sites excluding steroid dienone is 2. The van der Waals surface area contributed by atoms with E-state index in [9.17, 15) is 4.79 Å². The van der Waals surface area contributed by atoms with Crippen LogP contribution in [0, 0.1) is 6.07 Å². The van der Waals surface area contributed by atoms with E-state index in [2.05, 4.69) is 97.1 Å². The van der Waals surface area contributed by atoms with Crippen molar-refractivity contribution in [3.8, 4) is 11.3 Å². The van der Waals surface area contributed by atoms with Gasteiger partial charge in [-0.25, -0.2) is 0 Å². The third kappa shape index (κ3) is 5.76. The van der Waals surface area contributed by atoms with Crippen molar-refractivity contribution >= 4 is 88.3 Å². The maximum atomic E-state index is 10.0. The van der Waals surface area contributed by atoms with Gasteiger partial charge in [0.15, 0.2) is 5.78 Å². The molecule has 0 aliphatic carbocycles. The standard InChI is InChI=1S/C27H15NPSe2.C5H8O2.Ir/c1-2-8-19-17(7-1)13-14-20(28-19)18-15-25-27-26(16-18)31-24-12-6-4-10-22(24)29(27)21-9-3-5-11-23(21)30-25;1-4(6)3-5(2)7;/h1-15H;3,6H,1-2H3;/q-1;;/b;4-3-;. The Labute approximate surface area is 255 Å². The quantitative estimate of drug-likeness (QED) is 0.0959. The molecule has 2 aliphatic rings. The number of carbonyl (C=O) groups excluding carboxylic acids is 1. The number of ketones is 1. The van der Waals surface area contributed by atoms with Crippen molar-refractivity contribution in [3.63, 3.8) is 0 Å². The van der Waals surface area contributed by atoms with E-state index in [1.807, 2.05) is 0 Å². The Bertz CT molecular complexity index is 1680. The van der Waals surface area contributed by atoms with Crippen molar-refractivity contribution in [2.24, 2.45) is 0 Å². The number of hydrogen-bond acceptors (Lipinski definition) is 3. The molecule has 5 aromatic rings. The zero-order valence-corrected chi connectivity index (χ0v) is 27.9. The molecule has 0 spiro atoms. The summed E-state index contributed by atoms with van der Waals surface area (Å²) in [5.74, 6) is -0.0625. The van der Waals surface area contributed by atoms with Crippen LogP contribution in [0.5, 0.6) is 0 Å². The molecule has 3 nitrogen and oxygen atoms in total. The first-order chi connectivity index (χ1) is 18.5. The SMILES string of the molecule is CC(=O)/C=C(/C)O.[Ir].[c-]1c(-c2ccc3ccccc3n2)cc2c3c1[Se]c1ccccc1P3c1ccccc1[Se]2. The predicted octanol–water partition coefficient (Wildman–Crippen LogP) is 2.43. The van der Waals surface area contributed by atoms with Crippen LogP contribution in [0.2, 0.25) is 0 Å². The summed E-state index contributed by atoms with van der Waals surface area (Å²) < 4.78 is 6.03. The molecule has 7 rings (SSSR count). The van der Waals surface area contributed by atoms with Crippen molar-refractivity contribution in [2.75, 3.05) is 0 Å². The molecule has 0 fully saturated rings. The number of rotatable bonds is 2. The van der Waals surface area contributed by atoms with Gasteiger partial charge in [-0.05, 0) is 13.8 Å². The van der Waals surface area contributed by atoms with E-state index in [4.69, 9.17) is 10.1 Å². The topological polar surface area (TPSA) is 50.2 Å². The molecule has 7 heteroatoms. The fraction of sp³-hybridized carbons (Fsp3) is 0.0625. The Morgan fingerprint density at radius 1 is 0.846 bits per heavy atom. The molecule has 1 aromatic heterocycles. The van der Waals surface area contributed by atoms with Gasteiger partial charge in [-0.3, -0.25) is 4.79 Å². The van der Waals surface area contributed by atoms with Crippen molar-refractivity contribution in [1.82, 2.24) is 4.98 Å². The Kier molecular flexibility index (Phi) is 8.67. The van der Waals surface area contributed by atoms with Gasteiger partial charge in [-0.1, -0.05) is 0 Å². The summed E-state index contributed by atoms with van der Waals surface area (Å²) in [6.45, 7) is 2.85. The Morgan fingerprint density at radius 3 is 2.15 bits per heavy atom. The fourth-order valence-electron chi connectivity index (χ4n) is 4.60. The van der Waals surface area contributed by atoms with Gasteiger partial charge in [-0.2, -0.15) is 0 Å². The number of benzene rings is 4. The van der Waals surface area contributed by atoms with Gasteiger partial charge in [0.1, 0.15) is 0 Å². The summed E-state index contributed by atoms with van der Waals surface area (Å²) in [6, 6.07) is 37.1. The number of fused-ring (bicyclic) bond motifs is 5. The molecule has 0 saturated carbocycles. The van der Waals surface area contributed by atoms with Crippen LogP contribution in [0.4, 0.5) is 0 Å². The molecule has 1 atom stereocenters. The number of pyridine rings is 1. The number of carbonyl (C=O) groups is 1. The second kappa shape index (κ2) is 12.0. The first-order valence-electron chi connectivity index (χ1n) is 12.2. The van der Waals surface area contributed by atoms with Crippen LogP contribution in [0.1, 0.15) is 13.8 Å². The van der Waals surface area contributed by atoms with Gasteiger partial charge in [0, 0.05) is 26.2 Å². The van der Waals surface area contributed by atoms with Gasteiger partial charge in [0.05, 0.1) is 5.76 Å². The van der Waals surface area contributed by atoms with E-state index >= 15 is 0 Å². The van der Waals surface area contributed by atoms with Crippen LogP contribution in [0.15, 0.2) is 103 Å². The molecule has 4 aromatic carbocycles. The van der Waals surface area contributed by atoms with Crippen LogP contribution >= 0.6 is 7.92 Å². The van der Waals surface area contributed by atoms with Crippen LogP contribution in [0.25, 0.3) is 22.2 Å². The van der Waals surface area contributed by atoms with Gasteiger partial charge in [0.25, 0.3) is 0 Å². The van der Waals surface area contributed by atoms with Gasteiger partial charge in [0.2, 0.25) is 0 Å². The molecule has 1 N–H and O–H groups in total. The zero-order chi connectivity index (χ0) is 26.2.